The molecule has 2 aromatic rings. The van der Waals surface area contributed by atoms with Gasteiger partial charge in [0.2, 0.25) is 0 Å². The molecule has 2 N–H and O–H groups in total. The van der Waals surface area contributed by atoms with E-state index in [4.69, 9.17) is 4.52 Å². The highest BCUT2D eigenvalue weighted by Gasteiger charge is 2.27. The second-order valence-corrected chi connectivity index (χ2v) is 5.95. The van der Waals surface area contributed by atoms with E-state index < -0.39 is 0 Å². The molecule has 1 atom stereocenters. The molecule has 0 saturated carbocycles. The topological polar surface area (TPSA) is 75.4 Å². The predicted molar refractivity (Wildman–Crippen MR) is 74.8 cm³/mol. The van der Waals surface area contributed by atoms with Crippen molar-refractivity contribution in [2.45, 2.75) is 38.8 Å². The van der Waals surface area contributed by atoms with Crippen molar-refractivity contribution in [1.29, 1.82) is 0 Å². The maximum atomic E-state index is 12.2. The Morgan fingerprint density at radius 2 is 2.50 bits per heavy atom. The van der Waals surface area contributed by atoms with E-state index in [2.05, 4.69) is 10.5 Å². The summed E-state index contributed by atoms with van der Waals surface area (Å²) in [7, 11) is 0. The van der Waals surface area contributed by atoms with Gasteiger partial charge >= 0.3 is 0 Å². The molecule has 0 aliphatic heterocycles. The summed E-state index contributed by atoms with van der Waals surface area (Å²) in [5, 5.41) is 18.1. The van der Waals surface area contributed by atoms with Crippen LogP contribution >= 0.6 is 11.3 Å². The molecule has 0 bridgehead atoms. The molecule has 2 heterocycles. The quantitative estimate of drug-likeness (QED) is 0.905. The molecule has 1 aliphatic rings. The first-order chi connectivity index (χ1) is 9.69. The average Bonchev–Trinajstić information content (AvgIpc) is 3.04. The number of nitrogens with zero attached hydrogens (tertiary/aromatic N) is 1. The van der Waals surface area contributed by atoms with Crippen molar-refractivity contribution in [2.24, 2.45) is 0 Å². The minimum Gasteiger partial charge on any atom is -0.390 e. The smallest absolute Gasteiger partial charge is 0.261 e. The van der Waals surface area contributed by atoms with Crippen LogP contribution in [0.2, 0.25) is 0 Å². The van der Waals surface area contributed by atoms with Crippen molar-refractivity contribution < 1.29 is 14.4 Å². The summed E-state index contributed by atoms with van der Waals surface area (Å²) in [5.74, 6) is 0.819. The van der Waals surface area contributed by atoms with Crippen molar-refractivity contribution >= 4 is 17.2 Å². The zero-order chi connectivity index (χ0) is 14.1. The molecular formula is C14H16N2O3S. The zero-order valence-electron chi connectivity index (χ0n) is 11.2. The highest BCUT2D eigenvalue weighted by atomic mass is 32.1. The molecule has 0 spiro atoms. The fraction of sp³-hybridized carbons (Fsp3) is 0.429. The first kappa shape index (κ1) is 13.3. The first-order valence-corrected chi connectivity index (χ1v) is 7.49. The molecular weight excluding hydrogens is 276 g/mol. The van der Waals surface area contributed by atoms with Crippen LogP contribution < -0.4 is 5.32 Å². The van der Waals surface area contributed by atoms with Crippen LogP contribution in [0, 0.1) is 6.92 Å². The molecule has 5 nitrogen and oxygen atoms in total. The Morgan fingerprint density at radius 3 is 3.20 bits per heavy atom. The summed E-state index contributed by atoms with van der Waals surface area (Å²) in [6.45, 7) is 1.82. The van der Waals surface area contributed by atoms with Crippen LogP contribution in [0.3, 0.4) is 0 Å². The van der Waals surface area contributed by atoms with Gasteiger partial charge in [0.25, 0.3) is 5.91 Å². The summed E-state index contributed by atoms with van der Waals surface area (Å²) < 4.78 is 5.20. The molecule has 1 amide bonds. The molecule has 0 radical (unpaired) electrons. The Balaban J connectivity index is 1.71. The summed E-state index contributed by atoms with van der Waals surface area (Å²) in [6, 6.07) is 2.02. The number of fused-ring (bicyclic) bond motifs is 1. The van der Waals surface area contributed by atoms with Crippen molar-refractivity contribution in [2.75, 3.05) is 0 Å². The van der Waals surface area contributed by atoms with Gasteiger partial charge in [-0.15, -0.1) is 11.3 Å². The van der Waals surface area contributed by atoms with Gasteiger partial charge in [-0.25, -0.2) is 0 Å². The third-order valence-corrected chi connectivity index (χ3v) is 4.69. The maximum Gasteiger partial charge on any atom is 0.261 e. The third-order valence-electron chi connectivity index (χ3n) is 3.67. The number of nitrogens with one attached hydrogen (secondary N) is 1. The molecule has 0 fully saturated rings. The lowest BCUT2D eigenvalue weighted by Gasteiger charge is -2.22. The summed E-state index contributed by atoms with van der Waals surface area (Å²) in [4.78, 5) is 13.0. The van der Waals surface area contributed by atoms with Gasteiger partial charge in [-0.3, -0.25) is 4.79 Å². The Hall–Kier alpha value is -1.66. The summed E-state index contributed by atoms with van der Waals surface area (Å²) in [6.07, 6.45) is 2.25. The van der Waals surface area contributed by atoms with Crippen molar-refractivity contribution in [1.82, 2.24) is 10.5 Å². The Bertz CT molecular complexity index is 619. The van der Waals surface area contributed by atoms with E-state index in [0.29, 0.717) is 12.1 Å². The first-order valence-electron chi connectivity index (χ1n) is 6.61. The van der Waals surface area contributed by atoms with Crippen LogP contribution in [0.4, 0.5) is 0 Å². The number of thiophene rings is 1. The summed E-state index contributed by atoms with van der Waals surface area (Å²) >= 11 is 1.46. The van der Waals surface area contributed by atoms with Crippen LogP contribution in [0.25, 0.3) is 0 Å². The SMILES string of the molecule is Cc1ccsc1C(=O)NC1CCc2onc(CO)c2C1. The molecule has 2 aromatic heterocycles. The minimum atomic E-state index is -0.121. The fourth-order valence-corrected chi connectivity index (χ4v) is 3.40. The third kappa shape index (κ3) is 2.36. The van der Waals surface area contributed by atoms with Crippen LogP contribution in [-0.4, -0.2) is 22.2 Å². The van der Waals surface area contributed by atoms with E-state index in [-0.39, 0.29) is 18.6 Å². The number of amides is 1. The maximum absolute atomic E-state index is 12.2. The van der Waals surface area contributed by atoms with Crippen LogP contribution in [0.5, 0.6) is 0 Å². The van der Waals surface area contributed by atoms with Gasteiger partial charge in [-0.2, -0.15) is 0 Å². The fourth-order valence-electron chi connectivity index (χ4n) is 2.57. The van der Waals surface area contributed by atoms with E-state index >= 15 is 0 Å². The second-order valence-electron chi connectivity index (χ2n) is 5.04. The molecule has 3 rings (SSSR count). The molecule has 1 aliphatic carbocycles. The van der Waals surface area contributed by atoms with E-state index in [1.807, 2.05) is 18.4 Å². The number of carbonyl (C=O) groups is 1. The minimum absolute atomic E-state index is 0.0204. The zero-order valence-corrected chi connectivity index (χ0v) is 12.0. The lowest BCUT2D eigenvalue weighted by Crippen LogP contribution is -2.38. The second kappa shape index (κ2) is 5.38. The highest BCUT2D eigenvalue weighted by Crippen LogP contribution is 2.25. The van der Waals surface area contributed by atoms with Gasteiger partial charge in [0.1, 0.15) is 11.5 Å². The molecule has 0 saturated heterocycles. The van der Waals surface area contributed by atoms with Gasteiger partial charge in [-0.1, -0.05) is 5.16 Å². The van der Waals surface area contributed by atoms with Gasteiger partial charge in [-0.05, 0) is 36.8 Å². The number of hydrogen-bond acceptors (Lipinski definition) is 5. The Labute approximate surface area is 120 Å². The molecule has 20 heavy (non-hydrogen) atoms. The number of aromatic nitrogens is 1. The number of aliphatic hydroxyl groups is 1. The monoisotopic (exact) mass is 292 g/mol. The summed E-state index contributed by atoms with van der Waals surface area (Å²) in [5.41, 5.74) is 2.54. The lowest BCUT2D eigenvalue weighted by atomic mass is 9.92. The van der Waals surface area contributed by atoms with Crippen molar-refractivity contribution in [3.63, 3.8) is 0 Å². The van der Waals surface area contributed by atoms with Crippen LogP contribution in [0.1, 0.15) is 38.7 Å². The molecule has 0 aromatic carbocycles. The van der Waals surface area contributed by atoms with Crippen LogP contribution in [-0.2, 0) is 19.4 Å². The molecule has 6 heteroatoms. The van der Waals surface area contributed by atoms with Crippen molar-refractivity contribution in [3.8, 4) is 0 Å². The number of hydrogen-bond donors (Lipinski definition) is 2. The lowest BCUT2D eigenvalue weighted by molar-refractivity contribution is 0.0936. The normalized spacial score (nSPS) is 17.8. The van der Waals surface area contributed by atoms with E-state index in [1.165, 1.54) is 11.3 Å². The van der Waals surface area contributed by atoms with E-state index in [9.17, 15) is 9.90 Å². The van der Waals surface area contributed by atoms with Crippen LogP contribution in [0.15, 0.2) is 16.0 Å². The highest BCUT2D eigenvalue weighted by molar-refractivity contribution is 7.12. The van der Waals surface area contributed by atoms with Gasteiger partial charge < -0.3 is 14.9 Å². The van der Waals surface area contributed by atoms with E-state index in [0.717, 1.165) is 34.6 Å². The Kier molecular flexibility index (Phi) is 3.58. The number of aliphatic hydroxyl groups excluding tert-OH is 1. The van der Waals surface area contributed by atoms with Gasteiger partial charge in [0.15, 0.2) is 0 Å². The number of rotatable bonds is 3. The van der Waals surface area contributed by atoms with E-state index in [1.54, 1.807) is 0 Å². The number of aryl methyl sites for hydroxylation is 2. The average molecular weight is 292 g/mol. The van der Waals surface area contributed by atoms with Gasteiger partial charge in [0.05, 0.1) is 11.5 Å². The molecule has 106 valence electrons. The standard InChI is InChI=1S/C14H16N2O3S/c1-8-4-5-20-13(8)14(18)15-9-2-3-12-10(6-9)11(7-17)16-19-12/h4-5,9,17H,2-3,6-7H2,1H3,(H,15,18). The Morgan fingerprint density at radius 1 is 1.65 bits per heavy atom. The van der Waals surface area contributed by atoms with Crippen molar-refractivity contribution in [3.05, 3.63) is 38.9 Å². The number of carbonyl (C=O) groups excluding carboxylic acids is 1. The largest absolute Gasteiger partial charge is 0.390 e. The predicted octanol–water partition coefficient (Wildman–Crippen LogP) is 1.82. The molecule has 1 unspecified atom stereocenters. The van der Waals surface area contributed by atoms with Gasteiger partial charge in [0, 0.05) is 18.0 Å².